The number of halogens is 1. The molecule has 0 radical (unpaired) electrons. The second-order valence-corrected chi connectivity index (χ2v) is 6.75. The van der Waals surface area contributed by atoms with Crippen molar-refractivity contribution in [3.8, 4) is 0 Å². The Hall–Kier alpha value is -3.65. The Morgan fingerprint density at radius 3 is 2.55 bits per heavy atom. The van der Waals surface area contributed by atoms with Gasteiger partial charge in [0, 0.05) is 18.8 Å². The molecule has 3 N–H and O–H groups in total. The summed E-state index contributed by atoms with van der Waals surface area (Å²) in [6, 6.07) is 12.6. The summed E-state index contributed by atoms with van der Waals surface area (Å²) in [5.74, 6) is -0.695. The van der Waals surface area contributed by atoms with Crippen LogP contribution in [0.15, 0.2) is 59.2 Å². The molecule has 1 heterocycles. The highest BCUT2D eigenvalue weighted by Gasteiger charge is 2.14. The third kappa shape index (κ3) is 5.93. The van der Waals surface area contributed by atoms with Crippen LogP contribution in [0.2, 0.25) is 0 Å². The average Bonchev–Trinajstić information content (AvgIpc) is 3.19. The second kappa shape index (κ2) is 10.4. The van der Waals surface area contributed by atoms with Gasteiger partial charge in [0.1, 0.15) is 11.6 Å². The number of ether oxygens (including phenoxy) is 1. The van der Waals surface area contributed by atoms with Gasteiger partial charge in [0.15, 0.2) is 0 Å². The van der Waals surface area contributed by atoms with E-state index >= 15 is 0 Å². The average molecular weight is 425 g/mol. The van der Waals surface area contributed by atoms with Crippen LogP contribution in [0, 0.1) is 12.7 Å². The molecular weight excluding hydrogens is 401 g/mol. The number of nitrogens with one attached hydrogen (secondary N) is 3. The van der Waals surface area contributed by atoms with Gasteiger partial charge >= 0.3 is 6.03 Å². The molecule has 0 saturated carbocycles. The predicted molar refractivity (Wildman–Crippen MR) is 115 cm³/mol. The fraction of sp³-hybridized carbons (Fsp3) is 0.217. The van der Waals surface area contributed by atoms with Crippen LogP contribution in [0.3, 0.4) is 0 Å². The molecule has 7 nitrogen and oxygen atoms in total. The summed E-state index contributed by atoms with van der Waals surface area (Å²) in [6.07, 6.45) is 1.38. The van der Waals surface area contributed by atoms with Crippen molar-refractivity contribution >= 4 is 23.3 Å². The van der Waals surface area contributed by atoms with Crippen LogP contribution in [0.4, 0.5) is 20.6 Å². The van der Waals surface area contributed by atoms with Crippen molar-refractivity contribution in [2.45, 2.75) is 27.0 Å². The first-order chi connectivity index (χ1) is 15.0. The summed E-state index contributed by atoms with van der Waals surface area (Å²) < 4.78 is 24.7. The summed E-state index contributed by atoms with van der Waals surface area (Å²) in [7, 11) is 0. The molecule has 1 aromatic heterocycles. The van der Waals surface area contributed by atoms with Gasteiger partial charge in [-0.3, -0.25) is 4.79 Å². The Labute approximate surface area is 179 Å². The molecule has 0 unspecified atom stereocenters. The summed E-state index contributed by atoms with van der Waals surface area (Å²) >= 11 is 0. The second-order valence-electron chi connectivity index (χ2n) is 6.75. The monoisotopic (exact) mass is 425 g/mol. The van der Waals surface area contributed by atoms with Gasteiger partial charge in [-0.15, -0.1) is 0 Å². The van der Waals surface area contributed by atoms with Crippen LogP contribution < -0.4 is 16.0 Å². The van der Waals surface area contributed by atoms with E-state index in [0.717, 1.165) is 11.1 Å². The third-order valence-corrected chi connectivity index (χ3v) is 4.60. The molecule has 0 fully saturated rings. The lowest BCUT2D eigenvalue weighted by Crippen LogP contribution is -2.28. The first-order valence-corrected chi connectivity index (χ1v) is 9.82. The van der Waals surface area contributed by atoms with E-state index in [1.54, 1.807) is 6.92 Å². The molecule has 31 heavy (non-hydrogen) atoms. The number of furan rings is 1. The Kier molecular flexibility index (Phi) is 7.40. The van der Waals surface area contributed by atoms with Gasteiger partial charge in [-0.1, -0.05) is 24.3 Å². The van der Waals surface area contributed by atoms with Crippen LogP contribution in [0.1, 0.15) is 34.2 Å². The maximum absolute atomic E-state index is 14.1. The smallest absolute Gasteiger partial charge is 0.319 e. The molecule has 8 heteroatoms. The minimum atomic E-state index is -0.620. The van der Waals surface area contributed by atoms with E-state index < -0.39 is 17.8 Å². The van der Waals surface area contributed by atoms with E-state index in [9.17, 15) is 14.0 Å². The van der Waals surface area contributed by atoms with E-state index in [2.05, 4.69) is 16.0 Å². The third-order valence-electron chi connectivity index (χ3n) is 4.60. The molecule has 0 aliphatic heterocycles. The molecule has 0 aliphatic rings. The van der Waals surface area contributed by atoms with Crippen molar-refractivity contribution in [3.05, 3.63) is 83.1 Å². The lowest BCUT2D eigenvalue weighted by atomic mass is 10.1. The SMILES string of the molecule is CCOCc1ccccc1CNC(=O)Nc1ccc(F)c(NC(=O)c2ccoc2C)c1. The van der Waals surface area contributed by atoms with Crippen LogP contribution in [0.5, 0.6) is 0 Å². The molecule has 3 amide bonds. The Balaban J connectivity index is 1.61. The Morgan fingerprint density at radius 2 is 1.84 bits per heavy atom. The number of urea groups is 1. The first kappa shape index (κ1) is 22.0. The Bertz CT molecular complexity index is 1060. The van der Waals surface area contributed by atoms with E-state index in [0.29, 0.717) is 36.8 Å². The fourth-order valence-electron chi connectivity index (χ4n) is 2.94. The molecular formula is C23H24FN3O4. The van der Waals surface area contributed by atoms with Gasteiger partial charge < -0.3 is 25.1 Å². The topological polar surface area (TPSA) is 92.6 Å². The maximum Gasteiger partial charge on any atom is 0.319 e. The largest absolute Gasteiger partial charge is 0.469 e. The highest BCUT2D eigenvalue weighted by Crippen LogP contribution is 2.21. The van der Waals surface area contributed by atoms with Crippen molar-refractivity contribution in [3.63, 3.8) is 0 Å². The molecule has 3 rings (SSSR count). The first-order valence-electron chi connectivity index (χ1n) is 9.82. The number of amides is 3. The number of benzene rings is 2. The van der Waals surface area contributed by atoms with Crippen LogP contribution in [0.25, 0.3) is 0 Å². The van der Waals surface area contributed by atoms with Crippen molar-refractivity contribution in [1.29, 1.82) is 0 Å². The molecule has 3 aromatic rings. The highest BCUT2D eigenvalue weighted by molar-refractivity contribution is 6.05. The summed E-state index contributed by atoms with van der Waals surface area (Å²) in [6.45, 7) is 4.93. The molecule has 0 bridgehead atoms. The number of carbonyl (C=O) groups is 2. The minimum Gasteiger partial charge on any atom is -0.469 e. The quantitative estimate of drug-likeness (QED) is 0.482. The molecule has 162 valence electrons. The van der Waals surface area contributed by atoms with E-state index in [1.165, 1.54) is 30.5 Å². The normalized spacial score (nSPS) is 10.5. The molecule has 2 aromatic carbocycles. The van der Waals surface area contributed by atoms with Crippen LogP contribution in [-0.4, -0.2) is 18.5 Å². The molecule has 0 aliphatic carbocycles. The van der Waals surface area contributed by atoms with E-state index in [-0.39, 0.29) is 5.69 Å². The molecule has 0 spiro atoms. The number of aryl methyl sites for hydroxylation is 1. The van der Waals surface area contributed by atoms with Gasteiger partial charge in [0.2, 0.25) is 0 Å². The molecule has 0 saturated heterocycles. The highest BCUT2D eigenvalue weighted by atomic mass is 19.1. The van der Waals surface area contributed by atoms with E-state index in [1.807, 2.05) is 31.2 Å². The van der Waals surface area contributed by atoms with Gasteiger partial charge in [-0.2, -0.15) is 0 Å². The number of hydrogen-bond acceptors (Lipinski definition) is 4. The van der Waals surface area contributed by atoms with Gasteiger partial charge in [-0.25, -0.2) is 9.18 Å². The summed E-state index contributed by atoms with van der Waals surface area (Å²) in [5.41, 5.74) is 2.52. The van der Waals surface area contributed by atoms with E-state index in [4.69, 9.17) is 9.15 Å². The van der Waals surface area contributed by atoms with Crippen molar-refractivity contribution in [2.75, 3.05) is 17.2 Å². The van der Waals surface area contributed by atoms with Gasteiger partial charge in [-0.05, 0) is 49.2 Å². The molecule has 0 atom stereocenters. The maximum atomic E-state index is 14.1. The fourth-order valence-corrected chi connectivity index (χ4v) is 2.94. The summed E-state index contributed by atoms with van der Waals surface area (Å²) in [5, 5.41) is 7.91. The van der Waals surface area contributed by atoms with Crippen LogP contribution in [-0.2, 0) is 17.9 Å². The van der Waals surface area contributed by atoms with Crippen molar-refractivity contribution in [2.24, 2.45) is 0 Å². The number of hydrogen-bond donors (Lipinski definition) is 3. The lowest BCUT2D eigenvalue weighted by Gasteiger charge is -2.13. The zero-order valence-electron chi connectivity index (χ0n) is 17.3. The standard InChI is InChI=1S/C23H24FN3O4/c1-3-30-14-17-7-5-4-6-16(17)13-25-23(29)26-18-8-9-20(24)21(12-18)27-22(28)19-10-11-31-15(19)2/h4-12H,3,13-14H2,1-2H3,(H,27,28)(H2,25,26,29). The van der Waals surface area contributed by atoms with Gasteiger partial charge in [0.05, 0.1) is 24.1 Å². The van der Waals surface area contributed by atoms with Crippen LogP contribution >= 0.6 is 0 Å². The number of carbonyl (C=O) groups excluding carboxylic acids is 2. The minimum absolute atomic E-state index is 0.0505. The number of rotatable bonds is 8. The van der Waals surface area contributed by atoms with Crippen molar-refractivity contribution in [1.82, 2.24) is 5.32 Å². The summed E-state index contributed by atoms with van der Waals surface area (Å²) in [4.78, 5) is 24.6. The Morgan fingerprint density at radius 1 is 1.06 bits per heavy atom. The lowest BCUT2D eigenvalue weighted by molar-refractivity contribution is 0.102. The van der Waals surface area contributed by atoms with Gasteiger partial charge in [0.25, 0.3) is 5.91 Å². The van der Waals surface area contributed by atoms with Crippen molar-refractivity contribution < 1.29 is 23.1 Å². The predicted octanol–water partition coefficient (Wildman–Crippen LogP) is 4.84. The number of anilines is 2. The zero-order chi connectivity index (χ0) is 22.2. The zero-order valence-corrected chi connectivity index (χ0v) is 17.3.